The Kier molecular flexibility index (Phi) is 4.91. The first-order chi connectivity index (χ1) is 11.9. The molecule has 130 valence electrons. The smallest absolute Gasteiger partial charge is 0.263 e. The van der Waals surface area contributed by atoms with E-state index in [1.54, 1.807) is 42.5 Å². The molecule has 0 atom stereocenters. The SMILES string of the molecule is O=C1CCC(=O)N1Cc1ccc(NS(=O)(=O)c2ccccc2Br)cc1. The Balaban J connectivity index is 1.74. The van der Waals surface area contributed by atoms with E-state index in [2.05, 4.69) is 20.7 Å². The highest BCUT2D eigenvalue weighted by molar-refractivity contribution is 9.10. The summed E-state index contributed by atoms with van der Waals surface area (Å²) in [6.45, 7) is 0.203. The summed E-state index contributed by atoms with van der Waals surface area (Å²) >= 11 is 3.23. The van der Waals surface area contributed by atoms with Crippen molar-refractivity contribution in [3.8, 4) is 0 Å². The maximum atomic E-state index is 12.4. The lowest BCUT2D eigenvalue weighted by molar-refractivity contribution is -0.139. The zero-order valence-corrected chi connectivity index (χ0v) is 15.5. The molecule has 0 spiro atoms. The van der Waals surface area contributed by atoms with Crippen LogP contribution >= 0.6 is 15.9 Å². The van der Waals surface area contributed by atoms with Gasteiger partial charge in [0.1, 0.15) is 4.90 Å². The highest BCUT2D eigenvalue weighted by atomic mass is 79.9. The molecule has 2 aromatic rings. The normalized spacial score (nSPS) is 14.8. The van der Waals surface area contributed by atoms with Crippen LogP contribution in [0, 0.1) is 0 Å². The summed E-state index contributed by atoms with van der Waals surface area (Å²) in [5, 5.41) is 0. The maximum Gasteiger partial charge on any atom is 0.263 e. The van der Waals surface area contributed by atoms with Crippen LogP contribution in [0.5, 0.6) is 0 Å². The molecule has 0 bridgehead atoms. The predicted octanol–water partition coefficient (Wildman–Crippen LogP) is 2.90. The van der Waals surface area contributed by atoms with Gasteiger partial charge >= 0.3 is 0 Å². The molecule has 0 unspecified atom stereocenters. The van der Waals surface area contributed by atoms with Crippen LogP contribution in [-0.2, 0) is 26.2 Å². The number of nitrogens with zero attached hydrogens (tertiary/aromatic N) is 1. The minimum Gasteiger partial charge on any atom is -0.280 e. The fourth-order valence-electron chi connectivity index (χ4n) is 2.53. The minimum atomic E-state index is -3.71. The van der Waals surface area contributed by atoms with Crippen molar-refractivity contribution < 1.29 is 18.0 Å². The second kappa shape index (κ2) is 6.97. The number of imide groups is 1. The van der Waals surface area contributed by atoms with Crippen molar-refractivity contribution in [3.63, 3.8) is 0 Å². The molecule has 0 radical (unpaired) electrons. The van der Waals surface area contributed by atoms with Gasteiger partial charge in [-0.2, -0.15) is 0 Å². The van der Waals surface area contributed by atoms with Gasteiger partial charge in [-0.15, -0.1) is 0 Å². The van der Waals surface area contributed by atoms with Crippen molar-refractivity contribution in [1.82, 2.24) is 4.90 Å². The van der Waals surface area contributed by atoms with E-state index in [-0.39, 0.29) is 36.1 Å². The predicted molar refractivity (Wildman–Crippen MR) is 96.2 cm³/mol. The third-order valence-corrected chi connectivity index (χ3v) is 6.22. The Morgan fingerprint density at radius 1 is 0.960 bits per heavy atom. The molecule has 0 saturated carbocycles. The average Bonchev–Trinajstić information content (AvgIpc) is 2.88. The number of anilines is 1. The summed E-state index contributed by atoms with van der Waals surface area (Å²) in [4.78, 5) is 24.7. The third-order valence-electron chi connectivity index (χ3n) is 3.83. The molecule has 1 saturated heterocycles. The van der Waals surface area contributed by atoms with E-state index in [0.29, 0.717) is 10.2 Å². The first-order valence-electron chi connectivity index (χ1n) is 7.56. The van der Waals surface area contributed by atoms with Crippen LogP contribution in [0.4, 0.5) is 5.69 Å². The number of hydrogen-bond acceptors (Lipinski definition) is 4. The van der Waals surface area contributed by atoms with Crippen LogP contribution in [0.15, 0.2) is 57.9 Å². The van der Waals surface area contributed by atoms with Gasteiger partial charge in [-0.05, 0) is 45.8 Å². The summed E-state index contributed by atoms with van der Waals surface area (Å²) in [7, 11) is -3.71. The quantitative estimate of drug-likeness (QED) is 0.750. The molecule has 1 aliphatic rings. The lowest BCUT2D eigenvalue weighted by Crippen LogP contribution is -2.28. The number of carbonyl (C=O) groups is 2. The standard InChI is InChI=1S/C17H15BrN2O4S/c18-14-3-1-2-4-15(14)25(23,24)19-13-7-5-12(6-8-13)11-20-16(21)9-10-17(20)22/h1-8,19H,9-11H2. The van der Waals surface area contributed by atoms with Crippen LogP contribution in [0.25, 0.3) is 0 Å². The zero-order valence-electron chi connectivity index (χ0n) is 13.1. The molecule has 25 heavy (non-hydrogen) atoms. The Morgan fingerprint density at radius 3 is 2.16 bits per heavy atom. The number of halogens is 1. The van der Waals surface area contributed by atoms with Gasteiger partial charge in [0, 0.05) is 23.0 Å². The van der Waals surface area contributed by atoms with E-state index in [1.165, 1.54) is 11.0 Å². The molecule has 1 fully saturated rings. The summed E-state index contributed by atoms with van der Waals surface area (Å²) in [6, 6.07) is 13.1. The number of carbonyl (C=O) groups excluding carboxylic acids is 2. The van der Waals surface area contributed by atoms with Gasteiger partial charge in [-0.3, -0.25) is 19.2 Å². The lowest BCUT2D eigenvalue weighted by atomic mass is 10.2. The lowest BCUT2D eigenvalue weighted by Gasteiger charge is -2.14. The second-order valence-electron chi connectivity index (χ2n) is 5.61. The molecule has 0 aliphatic carbocycles. The van der Waals surface area contributed by atoms with Gasteiger partial charge in [0.05, 0.1) is 6.54 Å². The summed E-state index contributed by atoms with van der Waals surface area (Å²) in [6.07, 6.45) is 0.505. The third kappa shape index (κ3) is 3.91. The molecule has 2 amide bonds. The minimum absolute atomic E-state index is 0.146. The first-order valence-corrected chi connectivity index (χ1v) is 9.84. The molecule has 8 heteroatoms. The summed E-state index contributed by atoms with van der Waals surface area (Å²) in [5.41, 5.74) is 1.16. The van der Waals surface area contributed by atoms with E-state index in [1.807, 2.05) is 0 Å². The monoisotopic (exact) mass is 422 g/mol. The number of amides is 2. The number of nitrogens with one attached hydrogen (secondary N) is 1. The van der Waals surface area contributed by atoms with E-state index >= 15 is 0 Å². The van der Waals surface area contributed by atoms with Crippen molar-refractivity contribution in [3.05, 3.63) is 58.6 Å². The number of benzene rings is 2. The van der Waals surface area contributed by atoms with E-state index < -0.39 is 10.0 Å². The van der Waals surface area contributed by atoms with Crippen LogP contribution < -0.4 is 4.72 Å². The molecule has 3 rings (SSSR count). The number of hydrogen-bond donors (Lipinski definition) is 1. The topological polar surface area (TPSA) is 83.6 Å². The molecule has 1 N–H and O–H groups in total. The largest absolute Gasteiger partial charge is 0.280 e. The van der Waals surface area contributed by atoms with Gasteiger partial charge in [0.25, 0.3) is 10.0 Å². The van der Waals surface area contributed by atoms with Crippen LogP contribution in [0.1, 0.15) is 18.4 Å². The number of rotatable bonds is 5. The number of likely N-dealkylation sites (tertiary alicyclic amines) is 1. The fraction of sp³-hybridized carbons (Fsp3) is 0.176. The van der Waals surface area contributed by atoms with Gasteiger partial charge in [0.15, 0.2) is 0 Å². The van der Waals surface area contributed by atoms with Gasteiger partial charge in [-0.1, -0.05) is 24.3 Å². The van der Waals surface area contributed by atoms with Gasteiger partial charge in [-0.25, -0.2) is 8.42 Å². The summed E-state index contributed by atoms with van der Waals surface area (Å²) in [5.74, 6) is -0.354. The Bertz CT molecular complexity index is 910. The van der Waals surface area contributed by atoms with Gasteiger partial charge < -0.3 is 0 Å². The highest BCUT2D eigenvalue weighted by Crippen LogP contribution is 2.24. The van der Waals surface area contributed by atoms with Crippen molar-refractivity contribution in [2.24, 2.45) is 0 Å². The van der Waals surface area contributed by atoms with E-state index in [9.17, 15) is 18.0 Å². The van der Waals surface area contributed by atoms with Crippen molar-refractivity contribution >= 4 is 43.5 Å². The maximum absolute atomic E-state index is 12.4. The molecular formula is C17H15BrN2O4S. The molecule has 1 aliphatic heterocycles. The Morgan fingerprint density at radius 2 is 1.56 bits per heavy atom. The van der Waals surface area contributed by atoms with E-state index in [4.69, 9.17) is 0 Å². The molecule has 2 aromatic carbocycles. The molecular weight excluding hydrogens is 408 g/mol. The highest BCUT2D eigenvalue weighted by Gasteiger charge is 2.28. The fourth-order valence-corrected chi connectivity index (χ4v) is 4.60. The molecule has 0 aromatic heterocycles. The van der Waals surface area contributed by atoms with Crippen molar-refractivity contribution in [2.75, 3.05) is 4.72 Å². The van der Waals surface area contributed by atoms with E-state index in [0.717, 1.165) is 5.56 Å². The Hall–Kier alpha value is -2.19. The van der Waals surface area contributed by atoms with Crippen molar-refractivity contribution in [2.45, 2.75) is 24.3 Å². The zero-order chi connectivity index (χ0) is 18.0. The van der Waals surface area contributed by atoms with Gasteiger partial charge in [0.2, 0.25) is 11.8 Å². The van der Waals surface area contributed by atoms with Crippen LogP contribution in [-0.4, -0.2) is 25.1 Å². The first kappa shape index (κ1) is 17.6. The van der Waals surface area contributed by atoms with Crippen molar-refractivity contribution in [1.29, 1.82) is 0 Å². The molecule has 1 heterocycles. The second-order valence-corrected chi connectivity index (χ2v) is 8.11. The van der Waals surface area contributed by atoms with Crippen LogP contribution in [0.3, 0.4) is 0 Å². The molecule has 6 nitrogen and oxygen atoms in total. The Labute approximate surface area is 154 Å². The summed E-state index contributed by atoms with van der Waals surface area (Å²) < 4.78 is 27.9. The average molecular weight is 423 g/mol. The van der Waals surface area contributed by atoms with Crippen LogP contribution in [0.2, 0.25) is 0 Å². The number of sulfonamides is 1.